The summed E-state index contributed by atoms with van der Waals surface area (Å²) in [4.78, 5) is 0. The predicted octanol–water partition coefficient (Wildman–Crippen LogP) is 3.11. The van der Waals surface area contributed by atoms with Gasteiger partial charge in [-0.15, -0.1) is 0 Å². The Morgan fingerprint density at radius 3 is 2.38 bits per heavy atom. The lowest BCUT2D eigenvalue weighted by Gasteiger charge is -2.31. The molecule has 0 aromatic rings. The minimum absolute atomic E-state index is 0.618. The van der Waals surface area contributed by atoms with Gasteiger partial charge in [0.25, 0.3) is 0 Å². The maximum Gasteiger partial charge on any atom is 0.0619 e. The fraction of sp³-hybridized carbons (Fsp3) is 1.00. The summed E-state index contributed by atoms with van der Waals surface area (Å²) in [6.07, 6.45) is 11.2. The molecule has 1 heterocycles. The highest BCUT2D eigenvalue weighted by molar-refractivity contribution is 4.80. The zero-order chi connectivity index (χ0) is 11.2. The minimum atomic E-state index is 0.618. The van der Waals surface area contributed by atoms with Crippen LogP contribution in [-0.4, -0.2) is 25.3 Å². The summed E-state index contributed by atoms with van der Waals surface area (Å²) in [5.41, 5.74) is 0. The molecule has 94 valence electrons. The number of ether oxygens (including phenoxy) is 1. The molecular weight excluding hydrogens is 198 g/mol. The van der Waals surface area contributed by atoms with E-state index in [1.807, 2.05) is 0 Å². The van der Waals surface area contributed by atoms with Gasteiger partial charge in [0.15, 0.2) is 0 Å². The van der Waals surface area contributed by atoms with Gasteiger partial charge in [-0.2, -0.15) is 0 Å². The van der Waals surface area contributed by atoms with Gasteiger partial charge in [-0.25, -0.2) is 0 Å². The predicted molar refractivity (Wildman–Crippen MR) is 67.6 cm³/mol. The second kappa shape index (κ2) is 6.61. The van der Waals surface area contributed by atoms with Crippen molar-refractivity contribution in [1.29, 1.82) is 0 Å². The molecule has 2 atom stereocenters. The van der Waals surface area contributed by atoms with Crippen LogP contribution in [0.4, 0.5) is 0 Å². The summed E-state index contributed by atoms with van der Waals surface area (Å²) in [7, 11) is 0. The number of hydrogen-bond acceptors (Lipinski definition) is 2. The van der Waals surface area contributed by atoms with Crippen LogP contribution in [0.15, 0.2) is 0 Å². The quantitative estimate of drug-likeness (QED) is 0.745. The molecule has 2 rings (SSSR count). The van der Waals surface area contributed by atoms with Crippen LogP contribution in [0.1, 0.15) is 58.3 Å². The Balaban J connectivity index is 1.74. The van der Waals surface area contributed by atoms with Crippen LogP contribution >= 0.6 is 0 Å². The van der Waals surface area contributed by atoms with Crippen molar-refractivity contribution in [3.63, 3.8) is 0 Å². The van der Waals surface area contributed by atoms with Crippen molar-refractivity contribution >= 4 is 0 Å². The molecule has 2 aliphatic rings. The monoisotopic (exact) mass is 225 g/mol. The van der Waals surface area contributed by atoms with Gasteiger partial charge in [-0.05, 0) is 38.5 Å². The van der Waals surface area contributed by atoms with Crippen LogP contribution in [0.5, 0.6) is 0 Å². The molecule has 16 heavy (non-hydrogen) atoms. The Kier molecular flexibility index (Phi) is 5.11. The third-order valence-corrected chi connectivity index (χ3v) is 4.27. The van der Waals surface area contributed by atoms with Crippen molar-refractivity contribution in [2.75, 3.05) is 13.2 Å². The van der Waals surface area contributed by atoms with Gasteiger partial charge in [-0.1, -0.05) is 25.7 Å². The summed E-state index contributed by atoms with van der Waals surface area (Å²) < 4.78 is 5.53. The zero-order valence-electron chi connectivity index (χ0n) is 10.7. The lowest BCUT2D eigenvalue weighted by atomic mass is 9.92. The number of rotatable bonds is 3. The van der Waals surface area contributed by atoms with Crippen LogP contribution in [0.3, 0.4) is 0 Å². The average molecular weight is 225 g/mol. The molecule has 1 saturated heterocycles. The van der Waals surface area contributed by atoms with E-state index in [0.29, 0.717) is 12.1 Å². The third-order valence-electron chi connectivity index (χ3n) is 4.27. The van der Waals surface area contributed by atoms with E-state index >= 15 is 0 Å². The molecule has 1 N–H and O–H groups in total. The van der Waals surface area contributed by atoms with Crippen molar-refractivity contribution in [2.24, 2.45) is 5.92 Å². The van der Waals surface area contributed by atoms with Gasteiger partial charge in [0.05, 0.1) is 6.61 Å². The fourth-order valence-electron chi connectivity index (χ4n) is 3.19. The highest BCUT2D eigenvalue weighted by Gasteiger charge is 2.22. The average Bonchev–Trinajstić information content (AvgIpc) is 2.59. The zero-order valence-corrected chi connectivity index (χ0v) is 10.7. The van der Waals surface area contributed by atoms with Crippen LogP contribution < -0.4 is 5.32 Å². The van der Waals surface area contributed by atoms with Gasteiger partial charge in [0.1, 0.15) is 0 Å². The molecule has 2 heteroatoms. The first-order chi connectivity index (χ1) is 7.86. The molecule has 0 spiro atoms. The van der Waals surface area contributed by atoms with Gasteiger partial charge in [-0.3, -0.25) is 0 Å². The van der Waals surface area contributed by atoms with Crippen LogP contribution in [0, 0.1) is 5.92 Å². The summed E-state index contributed by atoms with van der Waals surface area (Å²) >= 11 is 0. The highest BCUT2D eigenvalue weighted by atomic mass is 16.5. The van der Waals surface area contributed by atoms with Gasteiger partial charge >= 0.3 is 0 Å². The standard InChI is InChI=1S/C14H27NO/c1-12(13-7-4-2-3-5-8-13)15-14-9-6-10-16-11-14/h12-15H,2-11H2,1H3/t12-,14?/m1/s1. The van der Waals surface area contributed by atoms with E-state index in [4.69, 9.17) is 4.74 Å². The summed E-state index contributed by atoms with van der Waals surface area (Å²) in [6, 6.07) is 1.30. The van der Waals surface area contributed by atoms with Crippen LogP contribution in [-0.2, 0) is 4.74 Å². The maximum absolute atomic E-state index is 5.53. The van der Waals surface area contributed by atoms with E-state index in [1.54, 1.807) is 0 Å². The third kappa shape index (κ3) is 3.74. The summed E-state index contributed by atoms with van der Waals surface area (Å²) in [5, 5.41) is 3.79. The maximum atomic E-state index is 5.53. The normalized spacial score (nSPS) is 30.9. The van der Waals surface area contributed by atoms with E-state index in [1.165, 1.54) is 51.4 Å². The molecule has 0 aromatic carbocycles. The Morgan fingerprint density at radius 1 is 1.00 bits per heavy atom. The van der Waals surface area contributed by atoms with Gasteiger partial charge in [0, 0.05) is 18.7 Å². The fourth-order valence-corrected chi connectivity index (χ4v) is 3.19. The Hall–Kier alpha value is -0.0800. The molecule has 2 nitrogen and oxygen atoms in total. The molecular formula is C14H27NO. The van der Waals surface area contributed by atoms with Crippen molar-refractivity contribution in [3.05, 3.63) is 0 Å². The van der Waals surface area contributed by atoms with Crippen molar-refractivity contribution < 1.29 is 4.74 Å². The lowest BCUT2D eigenvalue weighted by Crippen LogP contribution is -2.45. The molecule has 1 aliphatic heterocycles. The van der Waals surface area contributed by atoms with Gasteiger partial charge < -0.3 is 10.1 Å². The minimum Gasteiger partial charge on any atom is -0.380 e. The SMILES string of the molecule is C[C@@H](NC1CCCOC1)C1CCCCCC1. The lowest BCUT2D eigenvalue weighted by molar-refractivity contribution is 0.0635. The number of nitrogens with one attached hydrogen (secondary N) is 1. The summed E-state index contributed by atoms with van der Waals surface area (Å²) in [6.45, 7) is 4.28. The number of hydrogen-bond donors (Lipinski definition) is 1. The first kappa shape index (κ1) is 12.4. The van der Waals surface area contributed by atoms with E-state index in [9.17, 15) is 0 Å². The molecule has 1 saturated carbocycles. The molecule has 1 aliphatic carbocycles. The first-order valence-corrected chi connectivity index (χ1v) is 7.20. The Bertz CT molecular complexity index is 181. The second-order valence-electron chi connectivity index (χ2n) is 5.62. The van der Waals surface area contributed by atoms with E-state index in [-0.39, 0.29) is 0 Å². The van der Waals surface area contributed by atoms with E-state index < -0.39 is 0 Å². The van der Waals surface area contributed by atoms with Crippen molar-refractivity contribution in [3.8, 4) is 0 Å². The molecule has 2 fully saturated rings. The van der Waals surface area contributed by atoms with E-state index in [0.717, 1.165) is 19.1 Å². The molecule has 0 bridgehead atoms. The van der Waals surface area contributed by atoms with Gasteiger partial charge in [0.2, 0.25) is 0 Å². The Labute approximate surface area is 100 Å². The van der Waals surface area contributed by atoms with Crippen molar-refractivity contribution in [1.82, 2.24) is 5.32 Å². The topological polar surface area (TPSA) is 21.3 Å². The smallest absolute Gasteiger partial charge is 0.0619 e. The molecule has 0 amide bonds. The van der Waals surface area contributed by atoms with Crippen LogP contribution in [0.2, 0.25) is 0 Å². The molecule has 0 aromatic heterocycles. The van der Waals surface area contributed by atoms with E-state index in [2.05, 4.69) is 12.2 Å². The summed E-state index contributed by atoms with van der Waals surface area (Å²) in [5.74, 6) is 0.907. The first-order valence-electron chi connectivity index (χ1n) is 7.20. The Morgan fingerprint density at radius 2 is 1.75 bits per heavy atom. The molecule has 1 unspecified atom stereocenters. The van der Waals surface area contributed by atoms with Crippen molar-refractivity contribution in [2.45, 2.75) is 70.4 Å². The largest absolute Gasteiger partial charge is 0.380 e. The second-order valence-corrected chi connectivity index (χ2v) is 5.62. The van der Waals surface area contributed by atoms with Crippen LogP contribution in [0.25, 0.3) is 0 Å². The highest BCUT2D eigenvalue weighted by Crippen LogP contribution is 2.26. The molecule has 0 radical (unpaired) electrons.